The summed E-state index contributed by atoms with van der Waals surface area (Å²) in [6, 6.07) is -0.336. The number of aliphatic hydroxyl groups is 1. The SMILES string of the molecule is CC1CC(C)(C)CC(CO)(NCCN2C(=O)NC(C)(C)C2=O)C1. The molecule has 2 aliphatic rings. The normalized spacial score (nSPS) is 33.0. The fraction of sp³-hybridized carbons (Fsp3) is 0.882. The summed E-state index contributed by atoms with van der Waals surface area (Å²) in [4.78, 5) is 25.4. The summed E-state index contributed by atoms with van der Waals surface area (Å²) in [5.74, 6) is 0.341. The molecule has 3 amide bonds. The summed E-state index contributed by atoms with van der Waals surface area (Å²) in [6.45, 7) is 11.0. The van der Waals surface area contributed by atoms with Crippen molar-refractivity contribution in [1.82, 2.24) is 15.5 Å². The monoisotopic (exact) mass is 325 g/mol. The highest BCUT2D eigenvalue weighted by molar-refractivity contribution is 6.06. The maximum absolute atomic E-state index is 12.2. The number of nitrogens with zero attached hydrogens (tertiary/aromatic N) is 1. The number of carbonyl (C=O) groups is 2. The second kappa shape index (κ2) is 6.06. The van der Waals surface area contributed by atoms with Gasteiger partial charge in [0.25, 0.3) is 5.91 Å². The summed E-state index contributed by atoms with van der Waals surface area (Å²) in [5, 5.41) is 16.1. The minimum atomic E-state index is -0.826. The first kappa shape index (κ1) is 18.2. The van der Waals surface area contributed by atoms with Crippen molar-refractivity contribution in [2.24, 2.45) is 11.3 Å². The molecule has 0 aromatic carbocycles. The van der Waals surface area contributed by atoms with Gasteiger partial charge < -0.3 is 15.7 Å². The zero-order valence-corrected chi connectivity index (χ0v) is 15.0. The Hall–Kier alpha value is -1.14. The molecule has 23 heavy (non-hydrogen) atoms. The molecule has 0 radical (unpaired) electrons. The number of aliphatic hydroxyl groups excluding tert-OH is 1. The van der Waals surface area contributed by atoms with Crippen LogP contribution in [0.5, 0.6) is 0 Å². The molecule has 1 aliphatic carbocycles. The van der Waals surface area contributed by atoms with Gasteiger partial charge in [0, 0.05) is 18.6 Å². The first-order valence-electron chi connectivity index (χ1n) is 8.50. The second-order valence-corrected chi connectivity index (χ2v) is 8.73. The number of carbonyl (C=O) groups excluding carboxylic acids is 2. The van der Waals surface area contributed by atoms with Gasteiger partial charge in [-0.1, -0.05) is 20.8 Å². The van der Waals surface area contributed by atoms with Crippen molar-refractivity contribution in [1.29, 1.82) is 0 Å². The van der Waals surface area contributed by atoms with Gasteiger partial charge >= 0.3 is 6.03 Å². The maximum Gasteiger partial charge on any atom is 0.325 e. The van der Waals surface area contributed by atoms with Crippen molar-refractivity contribution >= 4 is 11.9 Å². The lowest BCUT2D eigenvalue weighted by atomic mass is 9.64. The van der Waals surface area contributed by atoms with Crippen molar-refractivity contribution in [3.8, 4) is 0 Å². The molecule has 1 saturated heterocycles. The zero-order valence-electron chi connectivity index (χ0n) is 15.0. The van der Waals surface area contributed by atoms with Crippen LogP contribution >= 0.6 is 0 Å². The van der Waals surface area contributed by atoms with Gasteiger partial charge in [0.1, 0.15) is 5.54 Å². The summed E-state index contributed by atoms with van der Waals surface area (Å²) >= 11 is 0. The van der Waals surface area contributed by atoms with Gasteiger partial charge in [0.05, 0.1) is 6.61 Å². The molecule has 6 nitrogen and oxygen atoms in total. The molecule has 0 aromatic heterocycles. The van der Waals surface area contributed by atoms with Gasteiger partial charge in [0.2, 0.25) is 0 Å². The van der Waals surface area contributed by atoms with Crippen molar-refractivity contribution in [3.05, 3.63) is 0 Å². The quantitative estimate of drug-likeness (QED) is 0.669. The van der Waals surface area contributed by atoms with Crippen LogP contribution in [-0.4, -0.2) is 52.7 Å². The highest BCUT2D eigenvalue weighted by Crippen LogP contribution is 2.43. The predicted octanol–water partition coefficient (Wildman–Crippen LogP) is 1.48. The molecule has 6 heteroatoms. The molecule has 2 fully saturated rings. The minimum absolute atomic E-state index is 0.0758. The average Bonchev–Trinajstić information content (AvgIpc) is 2.58. The third kappa shape index (κ3) is 3.86. The van der Waals surface area contributed by atoms with E-state index >= 15 is 0 Å². The van der Waals surface area contributed by atoms with E-state index in [0.717, 1.165) is 19.3 Å². The molecule has 1 saturated carbocycles. The molecule has 0 bridgehead atoms. The fourth-order valence-corrected chi connectivity index (χ4v) is 4.51. The topological polar surface area (TPSA) is 81.7 Å². The molecule has 2 atom stereocenters. The van der Waals surface area contributed by atoms with Gasteiger partial charge in [-0.2, -0.15) is 0 Å². The molecule has 1 aliphatic heterocycles. The standard InChI is InChI=1S/C17H31N3O3/c1-12-8-15(2,3)10-17(9-12,11-21)18-6-7-20-13(22)16(4,5)19-14(20)23/h12,18,21H,6-11H2,1-5H3,(H,19,23). The predicted molar refractivity (Wildman–Crippen MR) is 88.9 cm³/mol. The van der Waals surface area contributed by atoms with E-state index in [1.54, 1.807) is 13.8 Å². The van der Waals surface area contributed by atoms with Gasteiger partial charge in [-0.15, -0.1) is 0 Å². The van der Waals surface area contributed by atoms with E-state index in [-0.39, 0.29) is 29.5 Å². The van der Waals surface area contributed by atoms with Crippen LogP contribution in [-0.2, 0) is 4.79 Å². The Morgan fingerprint density at radius 3 is 2.39 bits per heavy atom. The van der Waals surface area contributed by atoms with E-state index in [9.17, 15) is 14.7 Å². The number of hydrogen-bond donors (Lipinski definition) is 3. The molecule has 2 unspecified atom stereocenters. The number of amides is 3. The molecule has 2 rings (SSSR count). The number of hydrogen-bond acceptors (Lipinski definition) is 4. The van der Waals surface area contributed by atoms with E-state index in [4.69, 9.17) is 0 Å². The van der Waals surface area contributed by atoms with Crippen LogP contribution in [0.15, 0.2) is 0 Å². The largest absolute Gasteiger partial charge is 0.394 e. The van der Waals surface area contributed by atoms with Gasteiger partial charge in [-0.05, 0) is 44.4 Å². The van der Waals surface area contributed by atoms with Crippen LogP contribution in [0.3, 0.4) is 0 Å². The van der Waals surface area contributed by atoms with E-state index in [1.165, 1.54) is 4.90 Å². The van der Waals surface area contributed by atoms with Crippen LogP contribution in [0.25, 0.3) is 0 Å². The first-order chi connectivity index (χ1) is 10.5. The Kier molecular flexibility index (Phi) is 4.79. The van der Waals surface area contributed by atoms with Crippen molar-refractivity contribution < 1.29 is 14.7 Å². The summed E-state index contributed by atoms with van der Waals surface area (Å²) in [5.41, 5.74) is -0.973. The Morgan fingerprint density at radius 1 is 1.26 bits per heavy atom. The lowest BCUT2D eigenvalue weighted by molar-refractivity contribution is -0.130. The molecular weight excluding hydrogens is 294 g/mol. The average molecular weight is 325 g/mol. The number of imide groups is 1. The van der Waals surface area contributed by atoms with Crippen molar-refractivity contribution in [2.45, 2.75) is 65.0 Å². The van der Waals surface area contributed by atoms with Crippen LogP contribution in [0, 0.1) is 11.3 Å². The van der Waals surface area contributed by atoms with Gasteiger partial charge in [-0.25, -0.2) is 4.79 Å². The Labute approximate surface area is 139 Å². The Bertz CT molecular complexity index is 489. The summed E-state index contributed by atoms with van der Waals surface area (Å²) in [6.07, 6.45) is 2.96. The van der Waals surface area contributed by atoms with Crippen LogP contribution in [0.2, 0.25) is 0 Å². The lowest BCUT2D eigenvalue weighted by Crippen LogP contribution is -2.56. The summed E-state index contributed by atoms with van der Waals surface area (Å²) < 4.78 is 0. The van der Waals surface area contributed by atoms with Gasteiger partial charge in [0.15, 0.2) is 0 Å². The summed E-state index contributed by atoms with van der Waals surface area (Å²) in [7, 11) is 0. The fourth-order valence-electron chi connectivity index (χ4n) is 4.51. The molecular formula is C17H31N3O3. The number of rotatable bonds is 5. The Morgan fingerprint density at radius 2 is 1.91 bits per heavy atom. The van der Waals surface area contributed by atoms with Crippen LogP contribution in [0.1, 0.15) is 53.9 Å². The highest BCUT2D eigenvalue weighted by Gasteiger charge is 2.45. The Balaban J connectivity index is 1.96. The van der Waals surface area contributed by atoms with E-state index < -0.39 is 5.54 Å². The van der Waals surface area contributed by atoms with Crippen LogP contribution < -0.4 is 10.6 Å². The molecule has 0 spiro atoms. The minimum Gasteiger partial charge on any atom is -0.394 e. The van der Waals surface area contributed by atoms with E-state index in [1.807, 2.05) is 0 Å². The van der Waals surface area contributed by atoms with Crippen molar-refractivity contribution in [3.63, 3.8) is 0 Å². The first-order valence-corrected chi connectivity index (χ1v) is 8.50. The molecule has 0 aromatic rings. The lowest BCUT2D eigenvalue weighted by Gasteiger charge is -2.47. The third-order valence-electron chi connectivity index (χ3n) is 5.04. The van der Waals surface area contributed by atoms with Gasteiger partial charge in [-0.3, -0.25) is 9.69 Å². The highest BCUT2D eigenvalue weighted by atomic mass is 16.3. The van der Waals surface area contributed by atoms with E-state index in [0.29, 0.717) is 19.0 Å². The van der Waals surface area contributed by atoms with E-state index in [2.05, 4.69) is 31.4 Å². The molecule has 1 heterocycles. The molecule has 3 N–H and O–H groups in total. The molecule has 132 valence electrons. The second-order valence-electron chi connectivity index (χ2n) is 8.73. The van der Waals surface area contributed by atoms with Crippen LogP contribution in [0.4, 0.5) is 4.79 Å². The number of nitrogens with one attached hydrogen (secondary N) is 2. The maximum atomic E-state index is 12.2. The smallest absolute Gasteiger partial charge is 0.325 e. The van der Waals surface area contributed by atoms with Crippen molar-refractivity contribution in [2.75, 3.05) is 19.7 Å². The third-order valence-corrected chi connectivity index (χ3v) is 5.04. The number of urea groups is 1. The zero-order chi connectivity index (χ0) is 17.5.